The van der Waals surface area contributed by atoms with Crippen LogP contribution < -0.4 is 18.9 Å². The molecule has 3 aromatic carbocycles. The van der Waals surface area contributed by atoms with E-state index in [9.17, 15) is 0 Å². The van der Waals surface area contributed by atoms with Crippen LogP contribution in [0, 0.1) is 0 Å². The van der Waals surface area contributed by atoms with Crippen LogP contribution in [-0.2, 0) is 0 Å². The lowest BCUT2D eigenvalue weighted by Gasteiger charge is -2.15. The summed E-state index contributed by atoms with van der Waals surface area (Å²) in [6.07, 6.45) is 87.8. The maximum absolute atomic E-state index is 6.76. The molecule has 0 aliphatic heterocycles. The molecule has 95 heavy (non-hydrogen) atoms. The Bertz CT molecular complexity index is 2130. The molecule has 5 heteroatoms. The summed E-state index contributed by atoms with van der Waals surface area (Å²) < 4.78 is 29.2. The molecule has 0 aliphatic carbocycles. The highest BCUT2D eigenvalue weighted by atomic mass is 16.5. The van der Waals surface area contributed by atoms with Gasteiger partial charge in [0.2, 0.25) is 0 Å². The fraction of sp³-hybridized carbons (Fsp3) is 0.800. The molecule has 0 saturated heterocycles. The van der Waals surface area contributed by atoms with Crippen LogP contribution in [0.5, 0.6) is 23.0 Å². The summed E-state index contributed by atoms with van der Waals surface area (Å²) in [5.41, 5.74) is 3.37. The van der Waals surface area contributed by atoms with Crippen molar-refractivity contribution in [2.45, 2.75) is 439 Å². The molecule has 0 fully saturated rings. The van der Waals surface area contributed by atoms with Crippen LogP contribution in [0.3, 0.4) is 0 Å². The summed E-state index contributed by atoms with van der Waals surface area (Å²) in [4.78, 5) is 0. The lowest BCUT2D eigenvalue weighted by molar-refractivity contribution is 0.289. The van der Waals surface area contributed by atoms with Gasteiger partial charge in [-0.25, -0.2) is 0 Å². The zero-order valence-electron chi connectivity index (χ0n) is 63.9. The van der Waals surface area contributed by atoms with E-state index < -0.39 is 0 Å². The lowest BCUT2D eigenvalue weighted by Crippen LogP contribution is -2.03. The minimum absolute atomic E-state index is 0.725. The molecule has 0 radical (unpaired) electrons. The predicted molar refractivity (Wildman–Crippen MR) is 421 cm³/mol. The summed E-state index contributed by atoms with van der Waals surface area (Å²) in [5, 5.41) is 2.46. The van der Waals surface area contributed by atoms with Gasteiger partial charge in [0.1, 0.15) is 23.0 Å². The first-order valence-corrected chi connectivity index (χ1v) is 42.9. The number of hydrogen-bond donors (Lipinski definition) is 0. The van der Waals surface area contributed by atoms with Crippen molar-refractivity contribution in [1.29, 1.82) is 0 Å². The highest BCUT2D eigenvalue weighted by molar-refractivity contribution is 6.10. The molecule has 0 unspecified atom stereocenters. The van der Waals surface area contributed by atoms with Crippen LogP contribution in [-0.4, -0.2) is 31.0 Å². The molecule has 0 spiro atoms. The van der Waals surface area contributed by atoms with E-state index in [-0.39, 0.29) is 0 Å². The summed E-state index contributed by atoms with van der Waals surface area (Å²) in [6.45, 7) is 12.2. The third-order valence-electron chi connectivity index (χ3n) is 20.9. The normalized spacial score (nSPS) is 11.7. The van der Waals surface area contributed by atoms with E-state index in [0.29, 0.717) is 0 Å². The van der Waals surface area contributed by atoms with Crippen molar-refractivity contribution in [2.24, 2.45) is 0 Å². The molecule has 0 amide bonds. The molecule has 0 aliphatic rings. The molecule has 4 rings (SSSR count). The number of rotatable bonds is 73. The fourth-order valence-electron chi connectivity index (χ4n) is 14.6. The van der Waals surface area contributed by atoms with Gasteiger partial charge in [-0.15, -0.1) is 0 Å². The third-order valence-corrected chi connectivity index (χ3v) is 20.9. The Labute approximate surface area is 590 Å². The van der Waals surface area contributed by atoms with E-state index in [1.807, 2.05) is 0 Å². The maximum Gasteiger partial charge on any atom is 0.125 e. The Morgan fingerprint density at radius 3 is 0.568 bits per heavy atom. The first-order chi connectivity index (χ1) is 47.2. The first kappa shape index (κ1) is 84.1. The van der Waals surface area contributed by atoms with Gasteiger partial charge < -0.3 is 23.5 Å². The lowest BCUT2D eigenvalue weighted by atomic mass is 10.0. The Balaban J connectivity index is 1.37. The highest BCUT2D eigenvalue weighted by Gasteiger charge is 2.17. The number of ether oxygens (including phenoxy) is 4. The number of fused-ring (bicyclic) bond motifs is 3. The van der Waals surface area contributed by atoms with Crippen LogP contribution in [0.1, 0.15) is 439 Å². The van der Waals surface area contributed by atoms with Crippen LogP contribution in [0.4, 0.5) is 0 Å². The van der Waals surface area contributed by atoms with Gasteiger partial charge in [-0.05, 0) is 49.9 Å². The van der Waals surface area contributed by atoms with Gasteiger partial charge in [-0.1, -0.05) is 413 Å². The van der Waals surface area contributed by atoms with Crippen molar-refractivity contribution in [1.82, 2.24) is 4.57 Å². The number of benzene rings is 3. The van der Waals surface area contributed by atoms with E-state index in [0.717, 1.165) is 91.8 Å². The van der Waals surface area contributed by atoms with E-state index in [4.69, 9.17) is 18.9 Å². The number of aromatic nitrogens is 1. The van der Waals surface area contributed by atoms with Gasteiger partial charge in [0.25, 0.3) is 0 Å². The fourth-order valence-corrected chi connectivity index (χ4v) is 14.6. The van der Waals surface area contributed by atoms with Crippen LogP contribution in [0.2, 0.25) is 0 Å². The van der Waals surface area contributed by atoms with Crippen molar-refractivity contribution in [2.75, 3.05) is 26.4 Å². The van der Waals surface area contributed by atoms with Gasteiger partial charge in [-0.3, -0.25) is 0 Å². The minimum Gasteiger partial charge on any atom is -0.494 e. The van der Waals surface area contributed by atoms with E-state index in [1.54, 1.807) is 0 Å². The van der Waals surface area contributed by atoms with Crippen LogP contribution >= 0.6 is 0 Å². The molecule has 0 atom stereocenters. The Morgan fingerprint density at radius 1 is 0.189 bits per heavy atom. The van der Waals surface area contributed by atoms with E-state index in [2.05, 4.69) is 86.9 Å². The molecule has 4 aromatic rings. The molecular formula is C90H157NO4. The molecule has 0 N–H and O–H groups in total. The molecule has 5 nitrogen and oxygen atoms in total. The minimum atomic E-state index is 0.725. The second kappa shape index (κ2) is 62.9. The Kier molecular flexibility index (Phi) is 55.6. The molecule has 546 valence electrons. The van der Waals surface area contributed by atoms with Crippen molar-refractivity contribution in [3.63, 3.8) is 0 Å². The molecular weight excluding hydrogens is 1160 g/mol. The number of nitrogens with zero attached hydrogens (tertiary/aromatic N) is 1. The smallest absolute Gasteiger partial charge is 0.125 e. The summed E-state index contributed by atoms with van der Waals surface area (Å²) in [5.74, 6) is 3.68. The van der Waals surface area contributed by atoms with Gasteiger partial charge in [0, 0.05) is 41.1 Å². The maximum atomic E-state index is 6.76. The molecule has 1 heterocycles. The van der Waals surface area contributed by atoms with Crippen molar-refractivity contribution in [3.8, 4) is 28.7 Å². The average Bonchev–Trinajstić information content (AvgIpc) is 1.60. The predicted octanol–water partition coefficient (Wildman–Crippen LogP) is 31.3. The molecule has 1 aromatic heterocycles. The quantitative estimate of drug-likeness (QED) is 0.0413. The highest BCUT2D eigenvalue weighted by Crippen LogP contribution is 2.39. The molecule has 0 saturated carbocycles. The number of unbranched alkanes of at least 4 members (excludes halogenated alkanes) is 60. The summed E-state index contributed by atoms with van der Waals surface area (Å²) in [7, 11) is 0. The van der Waals surface area contributed by atoms with Crippen molar-refractivity contribution < 1.29 is 18.9 Å². The van der Waals surface area contributed by atoms with Gasteiger partial charge in [-0.2, -0.15) is 0 Å². The van der Waals surface area contributed by atoms with E-state index in [1.165, 1.54) is 396 Å². The van der Waals surface area contributed by atoms with E-state index >= 15 is 0 Å². The first-order valence-electron chi connectivity index (χ1n) is 42.9. The average molecular weight is 1320 g/mol. The topological polar surface area (TPSA) is 41.9 Å². The van der Waals surface area contributed by atoms with Crippen LogP contribution in [0.25, 0.3) is 27.5 Å². The SMILES string of the molecule is CCCCCCCCCCCCCCCCCCOc1cc(OCCCCCCCCCCCCCCCCCC)cc(-n2c3cc(OCCCCCCCCCCCCCCCCCC)ccc3c3ccc(OCCCCCCCCCCCCCCCCCC)cc32)c1. The van der Waals surface area contributed by atoms with Crippen LogP contribution in [0.15, 0.2) is 54.6 Å². The van der Waals surface area contributed by atoms with Crippen molar-refractivity contribution in [3.05, 3.63) is 54.6 Å². The second-order valence-electron chi connectivity index (χ2n) is 30.0. The van der Waals surface area contributed by atoms with Gasteiger partial charge in [0.05, 0.1) is 43.1 Å². The molecule has 0 bridgehead atoms. The summed E-state index contributed by atoms with van der Waals surface area (Å²) in [6, 6.07) is 20.3. The van der Waals surface area contributed by atoms with Crippen molar-refractivity contribution >= 4 is 21.8 Å². The summed E-state index contributed by atoms with van der Waals surface area (Å²) >= 11 is 0. The Morgan fingerprint density at radius 2 is 0.368 bits per heavy atom. The standard InChI is InChI=1S/C90H157NO4/c1-5-9-13-17-21-25-29-33-37-41-45-49-53-57-61-65-73-92-83-69-71-87-88-72-70-84(93-74-66-62-58-54-50-46-42-38-34-30-26-22-18-14-10-6-2)81-90(88)91(89(87)80-83)82-77-85(94-75-67-63-59-55-51-47-43-39-35-31-27-23-19-15-11-7-3)79-86(78-82)95-76-68-64-60-56-52-48-44-40-36-32-28-24-20-16-12-8-4/h69-72,77-81H,5-68,73-76H2,1-4H3. The van der Waals surface area contributed by atoms with Gasteiger partial charge >= 0.3 is 0 Å². The zero-order chi connectivity index (χ0) is 67.0. The number of hydrogen-bond acceptors (Lipinski definition) is 4. The monoisotopic (exact) mass is 1320 g/mol. The Hall–Kier alpha value is -3.34. The zero-order valence-corrected chi connectivity index (χ0v) is 63.9. The largest absolute Gasteiger partial charge is 0.494 e. The second-order valence-corrected chi connectivity index (χ2v) is 30.0. The van der Waals surface area contributed by atoms with Gasteiger partial charge in [0.15, 0.2) is 0 Å². The third kappa shape index (κ3) is 44.4.